The summed E-state index contributed by atoms with van der Waals surface area (Å²) in [4.78, 5) is 24.1. The molecule has 3 rings (SSSR count). The van der Waals surface area contributed by atoms with Gasteiger partial charge in [0.1, 0.15) is 0 Å². The van der Waals surface area contributed by atoms with E-state index in [0.717, 1.165) is 10.4 Å². The number of carbonyl (C=O) groups is 2. The van der Waals surface area contributed by atoms with Gasteiger partial charge in [-0.2, -0.15) is 0 Å². The highest BCUT2D eigenvalue weighted by atomic mass is 28.4. The molecule has 0 fully saturated rings. The first-order valence-corrected chi connectivity index (χ1v) is 12.4. The third-order valence-electron chi connectivity index (χ3n) is 5.56. The second-order valence-electron chi connectivity index (χ2n) is 8.66. The molecule has 5 heteroatoms. The van der Waals surface area contributed by atoms with Crippen LogP contribution < -0.4 is 10.4 Å². The van der Waals surface area contributed by atoms with E-state index in [1.165, 1.54) is 0 Å². The van der Waals surface area contributed by atoms with Crippen molar-refractivity contribution in [2.45, 2.75) is 57.3 Å². The Morgan fingerprint density at radius 1 is 0.967 bits per heavy atom. The Hall–Kier alpha value is -2.50. The number of carbonyl (C=O) groups excluding carboxylic acids is 2. The molecule has 0 N–H and O–H groups in total. The van der Waals surface area contributed by atoms with Crippen LogP contribution in [0.15, 0.2) is 72.8 Å². The van der Waals surface area contributed by atoms with Crippen molar-refractivity contribution in [2.75, 3.05) is 0 Å². The quantitative estimate of drug-likeness (QED) is 0.318. The summed E-state index contributed by atoms with van der Waals surface area (Å²) in [6, 6.07) is 20.5. The first-order chi connectivity index (χ1) is 14.4. The fourth-order valence-corrected chi connectivity index (χ4v) is 8.82. The number of ether oxygens (including phenoxy) is 1. The lowest BCUT2D eigenvalue weighted by atomic mass is 10.1. The van der Waals surface area contributed by atoms with Crippen molar-refractivity contribution in [3.8, 4) is 0 Å². The third kappa shape index (κ3) is 4.63. The van der Waals surface area contributed by atoms with Crippen LogP contribution in [0.25, 0.3) is 0 Å². The van der Waals surface area contributed by atoms with E-state index in [2.05, 4.69) is 45.0 Å². The smallest absolute Gasteiger partial charge is 0.306 e. The number of benzene rings is 2. The van der Waals surface area contributed by atoms with E-state index in [4.69, 9.17) is 9.16 Å². The zero-order valence-electron chi connectivity index (χ0n) is 17.9. The van der Waals surface area contributed by atoms with Crippen LogP contribution in [-0.2, 0) is 18.8 Å². The number of cyclic esters (lactones) is 1. The molecule has 1 heterocycles. The van der Waals surface area contributed by atoms with Gasteiger partial charge in [-0.3, -0.25) is 9.59 Å². The van der Waals surface area contributed by atoms with Crippen molar-refractivity contribution in [1.82, 2.24) is 0 Å². The van der Waals surface area contributed by atoms with Crippen LogP contribution in [0, 0.1) is 0 Å². The molecule has 4 nitrogen and oxygen atoms in total. The van der Waals surface area contributed by atoms with Crippen molar-refractivity contribution >= 4 is 30.9 Å². The van der Waals surface area contributed by atoms with Crippen molar-refractivity contribution in [1.29, 1.82) is 0 Å². The minimum absolute atomic E-state index is 0.227. The van der Waals surface area contributed by atoms with E-state index in [0.29, 0.717) is 19.1 Å². The van der Waals surface area contributed by atoms with E-state index in [1.54, 1.807) is 0 Å². The van der Waals surface area contributed by atoms with Crippen LogP contribution in [0.1, 0.15) is 40.0 Å². The van der Waals surface area contributed by atoms with Gasteiger partial charge in [-0.15, -0.1) is 0 Å². The molecule has 30 heavy (non-hydrogen) atoms. The summed E-state index contributed by atoms with van der Waals surface area (Å²) in [6.07, 6.45) is 4.59. The lowest BCUT2D eigenvalue weighted by Gasteiger charge is -2.45. The van der Waals surface area contributed by atoms with E-state index in [1.807, 2.05) is 48.6 Å². The molecule has 0 spiro atoms. The van der Waals surface area contributed by atoms with E-state index in [9.17, 15) is 9.59 Å². The normalized spacial score (nSPS) is 21.6. The minimum Gasteiger partial charge on any atom is -0.452 e. The lowest BCUT2D eigenvalue weighted by molar-refractivity contribution is -0.156. The molecule has 158 valence electrons. The Morgan fingerprint density at radius 3 is 2.03 bits per heavy atom. The monoisotopic (exact) mass is 422 g/mol. The predicted molar refractivity (Wildman–Crippen MR) is 121 cm³/mol. The molecule has 2 atom stereocenters. The largest absolute Gasteiger partial charge is 0.452 e. The molecule has 0 amide bonds. The second kappa shape index (κ2) is 9.54. The van der Waals surface area contributed by atoms with Crippen LogP contribution >= 0.6 is 0 Å². The molecule has 0 saturated heterocycles. The highest BCUT2D eigenvalue weighted by molar-refractivity contribution is 6.99. The van der Waals surface area contributed by atoms with Crippen LogP contribution in [-0.4, -0.2) is 32.8 Å². The number of hydrogen-bond donors (Lipinski definition) is 0. The Bertz CT molecular complexity index is 832. The predicted octanol–water partition coefficient (Wildman–Crippen LogP) is 3.78. The van der Waals surface area contributed by atoms with Crippen LogP contribution in [0.4, 0.5) is 0 Å². The molecule has 1 aliphatic rings. The number of rotatable bonds is 5. The molecule has 0 radical (unpaired) electrons. The summed E-state index contributed by atoms with van der Waals surface area (Å²) >= 11 is 0. The molecular formula is C25H30O4Si. The summed E-state index contributed by atoms with van der Waals surface area (Å²) < 4.78 is 12.6. The molecule has 2 aromatic rings. The molecule has 0 aromatic heterocycles. The summed E-state index contributed by atoms with van der Waals surface area (Å²) in [5, 5.41) is 2.03. The van der Waals surface area contributed by atoms with Gasteiger partial charge in [0, 0.05) is 6.42 Å². The van der Waals surface area contributed by atoms with Crippen molar-refractivity contribution in [3.63, 3.8) is 0 Å². The van der Waals surface area contributed by atoms with Gasteiger partial charge in [0.2, 0.25) is 0 Å². The topological polar surface area (TPSA) is 52.6 Å². The van der Waals surface area contributed by atoms with Crippen LogP contribution in [0.3, 0.4) is 0 Å². The summed E-state index contributed by atoms with van der Waals surface area (Å²) in [5.41, 5.74) is 0. The van der Waals surface area contributed by atoms with Crippen molar-refractivity contribution in [2.24, 2.45) is 0 Å². The van der Waals surface area contributed by atoms with Gasteiger partial charge >= 0.3 is 5.97 Å². The molecule has 0 bridgehead atoms. The molecule has 0 unspecified atom stereocenters. The Balaban J connectivity index is 2.16. The minimum atomic E-state index is -2.86. The molecule has 2 aromatic carbocycles. The Morgan fingerprint density at radius 2 is 1.53 bits per heavy atom. The van der Waals surface area contributed by atoms with Gasteiger partial charge in [-0.05, 0) is 28.3 Å². The summed E-state index contributed by atoms with van der Waals surface area (Å²) in [7, 11) is -2.86. The van der Waals surface area contributed by atoms with E-state index >= 15 is 0 Å². The van der Waals surface area contributed by atoms with Gasteiger partial charge in [0.25, 0.3) is 8.32 Å². The SMILES string of the molecule is CC(C)(C)[Si](O[C@H]1C/C=C\CCC(=O)O[C@@H]1C=O)(c1ccccc1)c1ccccc1. The van der Waals surface area contributed by atoms with Gasteiger partial charge in [0.05, 0.1) is 6.10 Å². The van der Waals surface area contributed by atoms with Gasteiger partial charge in [0.15, 0.2) is 12.4 Å². The maximum Gasteiger partial charge on any atom is 0.306 e. The lowest BCUT2D eigenvalue weighted by Crippen LogP contribution is -2.68. The molecule has 0 saturated carbocycles. The summed E-state index contributed by atoms with van der Waals surface area (Å²) in [6.45, 7) is 6.56. The number of aldehydes is 1. The maximum atomic E-state index is 12.1. The van der Waals surface area contributed by atoms with Gasteiger partial charge < -0.3 is 9.16 Å². The zero-order valence-corrected chi connectivity index (χ0v) is 18.9. The zero-order chi connectivity index (χ0) is 21.6. The van der Waals surface area contributed by atoms with Gasteiger partial charge in [-0.1, -0.05) is 93.6 Å². The molecule has 0 aliphatic carbocycles. The van der Waals surface area contributed by atoms with E-state index < -0.39 is 20.5 Å². The van der Waals surface area contributed by atoms with Crippen LogP contribution in [0.2, 0.25) is 5.04 Å². The highest BCUT2D eigenvalue weighted by Gasteiger charge is 2.52. The fraction of sp³-hybridized carbons (Fsp3) is 0.360. The third-order valence-corrected chi connectivity index (χ3v) is 10.6. The second-order valence-corrected chi connectivity index (χ2v) is 12.9. The highest BCUT2D eigenvalue weighted by Crippen LogP contribution is 2.38. The van der Waals surface area contributed by atoms with Crippen molar-refractivity contribution in [3.05, 3.63) is 72.8 Å². The Labute approximate surface area is 180 Å². The van der Waals surface area contributed by atoms with Crippen molar-refractivity contribution < 1.29 is 18.8 Å². The standard InChI is InChI=1S/C25H30O4Si/c1-25(2,3)30(20-13-7-4-8-14-20,21-15-9-5-10-16-21)29-22-17-11-6-12-18-24(27)28-23(22)19-26/h4-11,13-16,19,22-23H,12,17-18H2,1-3H3/b11-6-/t22-,23+/m0/s1. The fourth-order valence-electron chi connectivity index (χ4n) is 4.12. The number of allylic oxidation sites excluding steroid dienone is 1. The first kappa shape index (κ1) is 22.2. The van der Waals surface area contributed by atoms with Gasteiger partial charge in [-0.25, -0.2) is 0 Å². The average molecular weight is 423 g/mol. The van der Waals surface area contributed by atoms with Crippen LogP contribution in [0.5, 0.6) is 0 Å². The first-order valence-electron chi connectivity index (χ1n) is 10.5. The van der Waals surface area contributed by atoms with E-state index in [-0.39, 0.29) is 17.4 Å². The maximum absolute atomic E-state index is 12.1. The average Bonchev–Trinajstić information content (AvgIpc) is 2.82. The molecular weight excluding hydrogens is 392 g/mol. The number of esters is 1. The Kier molecular flexibility index (Phi) is 7.05. The molecule has 1 aliphatic heterocycles. The number of hydrogen-bond acceptors (Lipinski definition) is 4. The summed E-state index contributed by atoms with van der Waals surface area (Å²) in [5.74, 6) is -0.366.